The molecule has 2 nitrogen and oxygen atoms in total. The van der Waals surface area contributed by atoms with Crippen molar-refractivity contribution in [2.24, 2.45) is 0 Å². The molecule has 1 atom stereocenters. The van der Waals surface area contributed by atoms with Crippen molar-refractivity contribution in [3.05, 3.63) is 21.9 Å². The average Bonchev–Trinajstić information content (AvgIpc) is 2.74. The molecule has 0 bridgehead atoms. The number of hydrogen-bond donors (Lipinski definition) is 1. The molecule has 0 spiro atoms. The van der Waals surface area contributed by atoms with Gasteiger partial charge in [0.1, 0.15) is 0 Å². The van der Waals surface area contributed by atoms with Crippen molar-refractivity contribution in [3.8, 4) is 11.8 Å². The molecule has 0 saturated carbocycles. The molecule has 88 valence electrons. The van der Waals surface area contributed by atoms with Gasteiger partial charge in [-0.05, 0) is 25.5 Å². The van der Waals surface area contributed by atoms with Crippen molar-refractivity contribution in [3.63, 3.8) is 0 Å². The van der Waals surface area contributed by atoms with Gasteiger partial charge in [-0.2, -0.15) is 0 Å². The van der Waals surface area contributed by atoms with Crippen LogP contribution in [0.5, 0.6) is 0 Å². The van der Waals surface area contributed by atoms with Gasteiger partial charge < -0.3 is 9.84 Å². The van der Waals surface area contributed by atoms with Gasteiger partial charge in [0, 0.05) is 11.3 Å². The van der Waals surface area contributed by atoms with Crippen molar-refractivity contribution in [1.29, 1.82) is 0 Å². The molecule has 1 rings (SSSR count). The number of thiophene rings is 1. The maximum Gasteiger partial charge on any atom is 0.0813 e. The Morgan fingerprint density at radius 3 is 3.00 bits per heavy atom. The summed E-state index contributed by atoms with van der Waals surface area (Å²) in [6, 6.07) is 4.06. The maximum atomic E-state index is 8.60. The summed E-state index contributed by atoms with van der Waals surface area (Å²) in [6.45, 7) is 4.99. The largest absolute Gasteiger partial charge is 0.395 e. The fourth-order valence-corrected chi connectivity index (χ4v) is 1.88. The summed E-state index contributed by atoms with van der Waals surface area (Å²) in [5.74, 6) is 5.93. The zero-order chi connectivity index (χ0) is 11.8. The van der Waals surface area contributed by atoms with E-state index in [1.165, 1.54) is 4.88 Å². The molecule has 3 heteroatoms. The molecular weight excluding hydrogens is 220 g/mol. The van der Waals surface area contributed by atoms with E-state index in [0.717, 1.165) is 11.3 Å². The summed E-state index contributed by atoms with van der Waals surface area (Å²) in [5.41, 5.74) is 0. The summed E-state index contributed by atoms with van der Waals surface area (Å²) in [6.07, 6.45) is 1.89. The van der Waals surface area contributed by atoms with E-state index in [1.54, 1.807) is 11.3 Å². The third kappa shape index (κ3) is 4.80. The molecule has 1 heterocycles. The fraction of sp³-hybridized carbons (Fsp3) is 0.538. The number of aliphatic hydroxyl groups excluding tert-OH is 1. The highest BCUT2D eigenvalue weighted by Gasteiger charge is 2.01. The molecule has 0 aliphatic carbocycles. The predicted molar refractivity (Wildman–Crippen MR) is 67.4 cm³/mol. The Kier molecular flexibility index (Phi) is 6.17. The van der Waals surface area contributed by atoms with Gasteiger partial charge in [-0.1, -0.05) is 18.8 Å². The monoisotopic (exact) mass is 238 g/mol. The first-order chi connectivity index (χ1) is 7.76. The predicted octanol–water partition coefficient (Wildman–Crippen LogP) is 2.80. The maximum absolute atomic E-state index is 8.60. The average molecular weight is 238 g/mol. The van der Waals surface area contributed by atoms with Crippen LogP contribution in [-0.4, -0.2) is 17.8 Å². The molecule has 1 N–H and O–H groups in total. The van der Waals surface area contributed by atoms with E-state index in [-0.39, 0.29) is 6.61 Å². The van der Waals surface area contributed by atoms with Crippen LogP contribution in [0.25, 0.3) is 0 Å². The van der Waals surface area contributed by atoms with E-state index in [0.29, 0.717) is 19.1 Å². The van der Waals surface area contributed by atoms with Gasteiger partial charge in [-0.3, -0.25) is 0 Å². The highest BCUT2D eigenvalue weighted by molar-refractivity contribution is 7.12. The first-order valence-corrected chi connectivity index (χ1v) is 6.38. The van der Waals surface area contributed by atoms with Crippen molar-refractivity contribution < 1.29 is 9.84 Å². The fourth-order valence-electron chi connectivity index (χ4n) is 1.07. The van der Waals surface area contributed by atoms with Crippen LogP contribution in [0.15, 0.2) is 12.1 Å². The molecule has 1 unspecified atom stereocenters. The van der Waals surface area contributed by atoms with Gasteiger partial charge in [0.25, 0.3) is 0 Å². The standard InChI is InChI=1S/C13H18O2S/c1-3-11(2)15-10-13-8-7-12(16-13)6-4-5-9-14/h7-8,11,14H,3,5,9-10H2,1-2H3. The normalized spacial score (nSPS) is 11.9. The van der Waals surface area contributed by atoms with Gasteiger partial charge in [0.15, 0.2) is 0 Å². The van der Waals surface area contributed by atoms with Crippen molar-refractivity contribution >= 4 is 11.3 Å². The summed E-state index contributed by atoms with van der Waals surface area (Å²) in [7, 11) is 0. The first kappa shape index (κ1) is 13.2. The van der Waals surface area contributed by atoms with Crippen molar-refractivity contribution in [2.75, 3.05) is 6.61 Å². The van der Waals surface area contributed by atoms with Crippen LogP contribution < -0.4 is 0 Å². The van der Waals surface area contributed by atoms with Gasteiger partial charge in [-0.15, -0.1) is 11.3 Å². The SMILES string of the molecule is CCC(C)OCc1ccc(C#CCCO)s1. The molecule has 16 heavy (non-hydrogen) atoms. The lowest BCUT2D eigenvalue weighted by molar-refractivity contribution is 0.0525. The van der Waals surface area contributed by atoms with Gasteiger partial charge in [0.2, 0.25) is 0 Å². The molecule has 1 aromatic heterocycles. The second kappa shape index (κ2) is 7.45. The van der Waals surface area contributed by atoms with E-state index in [2.05, 4.69) is 31.8 Å². The molecule has 0 aliphatic rings. The Balaban J connectivity index is 2.43. The minimum absolute atomic E-state index is 0.127. The third-order valence-corrected chi connectivity index (χ3v) is 3.17. The topological polar surface area (TPSA) is 29.5 Å². The van der Waals surface area contributed by atoms with Crippen LogP contribution >= 0.6 is 11.3 Å². The van der Waals surface area contributed by atoms with E-state index < -0.39 is 0 Å². The molecule has 0 amide bonds. The van der Waals surface area contributed by atoms with Gasteiger partial charge in [0.05, 0.1) is 24.2 Å². The van der Waals surface area contributed by atoms with E-state index in [9.17, 15) is 0 Å². The smallest absolute Gasteiger partial charge is 0.0813 e. The molecule has 1 aromatic rings. The Hall–Kier alpha value is -0.820. The zero-order valence-corrected chi connectivity index (χ0v) is 10.6. The van der Waals surface area contributed by atoms with E-state index >= 15 is 0 Å². The zero-order valence-electron chi connectivity index (χ0n) is 9.82. The highest BCUT2D eigenvalue weighted by Crippen LogP contribution is 2.17. The first-order valence-electron chi connectivity index (χ1n) is 5.56. The Morgan fingerprint density at radius 2 is 2.31 bits per heavy atom. The third-order valence-electron chi connectivity index (χ3n) is 2.20. The van der Waals surface area contributed by atoms with Crippen LogP contribution in [0.1, 0.15) is 36.4 Å². The quantitative estimate of drug-likeness (QED) is 0.799. The molecular formula is C13H18O2S. The van der Waals surface area contributed by atoms with Crippen molar-refractivity contribution in [1.82, 2.24) is 0 Å². The minimum Gasteiger partial charge on any atom is -0.395 e. The highest BCUT2D eigenvalue weighted by atomic mass is 32.1. The summed E-state index contributed by atoms with van der Waals surface area (Å²) < 4.78 is 5.64. The van der Waals surface area contributed by atoms with Crippen LogP contribution in [0.3, 0.4) is 0 Å². The van der Waals surface area contributed by atoms with Crippen LogP contribution in [-0.2, 0) is 11.3 Å². The minimum atomic E-state index is 0.127. The Morgan fingerprint density at radius 1 is 1.50 bits per heavy atom. The Bertz CT molecular complexity index is 359. The summed E-state index contributed by atoms with van der Waals surface area (Å²) in [5, 5.41) is 8.60. The lowest BCUT2D eigenvalue weighted by atomic mass is 10.3. The molecule has 0 aliphatic heterocycles. The van der Waals surface area contributed by atoms with Crippen LogP contribution in [0.2, 0.25) is 0 Å². The molecule has 0 radical (unpaired) electrons. The molecule has 0 aromatic carbocycles. The van der Waals surface area contributed by atoms with Crippen molar-refractivity contribution in [2.45, 2.75) is 39.4 Å². The van der Waals surface area contributed by atoms with E-state index in [4.69, 9.17) is 9.84 Å². The number of aliphatic hydroxyl groups is 1. The summed E-state index contributed by atoms with van der Waals surface area (Å²) in [4.78, 5) is 2.24. The molecule has 0 saturated heterocycles. The van der Waals surface area contributed by atoms with Crippen LogP contribution in [0, 0.1) is 11.8 Å². The second-order valence-electron chi connectivity index (χ2n) is 3.57. The lowest BCUT2D eigenvalue weighted by Crippen LogP contribution is -2.04. The molecule has 0 fully saturated rings. The van der Waals surface area contributed by atoms with Crippen LogP contribution in [0.4, 0.5) is 0 Å². The van der Waals surface area contributed by atoms with Gasteiger partial charge in [-0.25, -0.2) is 0 Å². The Labute approximate surface area is 101 Å². The number of ether oxygens (including phenoxy) is 1. The lowest BCUT2D eigenvalue weighted by Gasteiger charge is -2.08. The number of hydrogen-bond acceptors (Lipinski definition) is 3. The van der Waals surface area contributed by atoms with E-state index in [1.807, 2.05) is 6.07 Å². The second-order valence-corrected chi connectivity index (χ2v) is 4.74. The van der Waals surface area contributed by atoms with Gasteiger partial charge >= 0.3 is 0 Å². The number of rotatable bonds is 5. The summed E-state index contributed by atoms with van der Waals surface area (Å²) >= 11 is 1.66.